The van der Waals surface area contributed by atoms with E-state index in [9.17, 15) is 4.89 Å². The van der Waals surface area contributed by atoms with E-state index in [2.05, 4.69) is 93.5 Å². The summed E-state index contributed by atoms with van der Waals surface area (Å²) < 4.78 is 13.5. The van der Waals surface area contributed by atoms with E-state index >= 15 is 0 Å². The van der Waals surface area contributed by atoms with Crippen molar-refractivity contribution in [3.63, 3.8) is 0 Å². The van der Waals surface area contributed by atoms with Gasteiger partial charge in [-0.1, -0.05) is 116 Å². The minimum Gasteiger partial charge on any atom is -0.277 e. The molecule has 0 aliphatic carbocycles. The van der Waals surface area contributed by atoms with Gasteiger partial charge >= 0.3 is 7.94 Å². The maximum atomic E-state index is 12.1. The summed E-state index contributed by atoms with van der Waals surface area (Å²) >= 11 is 0. The van der Waals surface area contributed by atoms with Gasteiger partial charge in [0.25, 0.3) is 0 Å². The van der Waals surface area contributed by atoms with Crippen LogP contribution in [0.1, 0.15) is 133 Å². The van der Waals surface area contributed by atoms with Gasteiger partial charge in [-0.3, -0.25) is 9.05 Å². The molecule has 0 bridgehead atoms. The van der Waals surface area contributed by atoms with Gasteiger partial charge in [-0.2, -0.15) is 4.89 Å². The molecule has 1 aliphatic heterocycles. The maximum absolute atomic E-state index is 12.1. The molecule has 0 saturated carbocycles. The van der Waals surface area contributed by atoms with Crippen LogP contribution in [-0.2, 0) is 10.8 Å². The van der Waals surface area contributed by atoms with E-state index in [1.165, 1.54) is 36.8 Å². The zero-order valence-electron chi connectivity index (χ0n) is 24.5. The molecule has 200 valence electrons. The standard InChI is InChI=1S/C32H50O3P/c1-11-12-13-14-15-16-17-36(33)34-29-25(18-22(2)20-27(29)31(5,6)7)24(4)26-19-23(3)21-28(30(26)35-36)32(8,9)10/h18-21,24,33H,11-17H2,1-10H3/q+1. The minimum atomic E-state index is -3.20. The van der Waals surface area contributed by atoms with Crippen molar-refractivity contribution >= 4 is 7.94 Å². The first-order valence-electron chi connectivity index (χ1n) is 14.0. The van der Waals surface area contributed by atoms with Crippen molar-refractivity contribution in [2.45, 2.75) is 125 Å². The lowest BCUT2D eigenvalue weighted by molar-refractivity contribution is 0.328. The highest BCUT2D eigenvalue weighted by Crippen LogP contribution is 2.63. The lowest BCUT2D eigenvalue weighted by atomic mass is 9.79. The summed E-state index contributed by atoms with van der Waals surface area (Å²) in [5, 5.41) is 0. The highest BCUT2D eigenvalue weighted by atomic mass is 31.2. The van der Waals surface area contributed by atoms with Crippen molar-refractivity contribution in [2.75, 3.05) is 6.16 Å². The van der Waals surface area contributed by atoms with Crippen molar-refractivity contribution < 1.29 is 13.9 Å². The molecule has 0 radical (unpaired) electrons. The molecule has 0 atom stereocenters. The summed E-state index contributed by atoms with van der Waals surface area (Å²) in [7, 11) is -3.20. The van der Waals surface area contributed by atoms with Crippen LogP contribution in [0.5, 0.6) is 11.5 Å². The van der Waals surface area contributed by atoms with Gasteiger partial charge in [0, 0.05) is 28.2 Å². The SMILES string of the molecule is CCCCCCCC[P+]1(O)Oc2c(cc(C)cc2C(C)(C)C)C(C)c2cc(C)cc(C(C)(C)C)c2O1. The monoisotopic (exact) mass is 513 g/mol. The molecule has 0 fully saturated rings. The van der Waals surface area contributed by atoms with Crippen LogP contribution in [-0.4, -0.2) is 11.1 Å². The van der Waals surface area contributed by atoms with Crippen LogP contribution < -0.4 is 9.05 Å². The Labute approximate surface area is 221 Å². The minimum absolute atomic E-state index is 0.0831. The molecule has 0 aromatic heterocycles. The fourth-order valence-corrected chi connectivity index (χ4v) is 7.04. The predicted molar refractivity (Wildman–Crippen MR) is 156 cm³/mol. The van der Waals surface area contributed by atoms with E-state index in [1.807, 2.05) is 0 Å². The Hall–Kier alpha value is -1.57. The van der Waals surface area contributed by atoms with E-state index in [-0.39, 0.29) is 16.7 Å². The molecule has 2 aromatic rings. The lowest BCUT2D eigenvalue weighted by Gasteiger charge is -2.33. The molecule has 2 aromatic carbocycles. The molecule has 3 rings (SSSR count). The first-order chi connectivity index (χ1) is 16.7. The Bertz CT molecular complexity index is 985. The molecule has 0 spiro atoms. The molecule has 4 heteroatoms. The van der Waals surface area contributed by atoms with Crippen molar-refractivity contribution in [3.05, 3.63) is 57.6 Å². The van der Waals surface area contributed by atoms with Gasteiger partial charge < -0.3 is 0 Å². The van der Waals surface area contributed by atoms with Crippen LogP contribution in [0.3, 0.4) is 0 Å². The van der Waals surface area contributed by atoms with Crippen LogP contribution in [0.2, 0.25) is 0 Å². The Morgan fingerprint density at radius 3 is 1.56 bits per heavy atom. The fraction of sp³-hybridized carbons (Fsp3) is 0.625. The van der Waals surface area contributed by atoms with E-state index in [1.54, 1.807) is 0 Å². The second-order valence-corrected chi connectivity index (χ2v) is 15.1. The summed E-state index contributed by atoms with van der Waals surface area (Å²) in [6, 6.07) is 8.94. The van der Waals surface area contributed by atoms with Gasteiger partial charge in [0.2, 0.25) is 0 Å². The van der Waals surface area contributed by atoms with Gasteiger partial charge in [0.15, 0.2) is 17.7 Å². The third-order valence-electron chi connectivity index (χ3n) is 7.34. The zero-order valence-corrected chi connectivity index (χ0v) is 25.4. The molecule has 0 unspecified atom stereocenters. The Balaban J connectivity index is 2.19. The normalized spacial score (nSPS) is 20.0. The summed E-state index contributed by atoms with van der Waals surface area (Å²) in [5.74, 6) is 1.73. The second-order valence-electron chi connectivity index (χ2n) is 13.0. The molecule has 0 saturated heterocycles. The number of rotatable bonds is 7. The van der Waals surface area contributed by atoms with Crippen molar-refractivity contribution in [1.29, 1.82) is 0 Å². The third-order valence-corrected chi connectivity index (χ3v) is 9.15. The fourth-order valence-electron chi connectivity index (χ4n) is 5.22. The van der Waals surface area contributed by atoms with E-state index in [0.717, 1.165) is 46.6 Å². The highest BCUT2D eigenvalue weighted by molar-refractivity contribution is 7.61. The molecule has 0 amide bonds. The van der Waals surface area contributed by atoms with Crippen LogP contribution in [0, 0.1) is 13.8 Å². The first-order valence-corrected chi connectivity index (χ1v) is 15.7. The number of benzene rings is 2. The Kier molecular flexibility index (Phi) is 8.89. The Morgan fingerprint density at radius 1 is 0.722 bits per heavy atom. The van der Waals surface area contributed by atoms with E-state index in [0.29, 0.717) is 6.16 Å². The maximum Gasteiger partial charge on any atom is 0.495 e. The van der Waals surface area contributed by atoms with Gasteiger partial charge in [-0.15, -0.1) is 0 Å². The summed E-state index contributed by atoms with van der Waals surface area (Å²) in [4.78, 5) is 12.1. The lowest BCUT2D eigenvalue weighted by Crippen LogP contribution is -2.24. The molecule has 1 heterocycles. The highest BCUT2D eigenvalue weighted by Gasteiger charge is 2.49. The molecule has 36 heavy (non-hydrogen) atoms. The number of hydrogen-bond acceptors (Lipinski definition) is 3. The van der Waals surface area contributed by atoms with Crippen molar-refractivity contribution in [3.8, 4) is 11.5 Å². The average molecular weight is 514 g/mol. The average Bonchev–Trinajstić information content (AvgIpc) is 2.75. The number of fused-ring (bicyclic) bond motifs is 2. The Morgan fingerprint density at radius 2 is 1.14 bits per heavy atom. The smallest absolute Gasteiger partial charge is 0.277 e. The first kappa shape index (κ1) is 29.0. The zero-order chi connectivity index (χ0) is 26.9. The van der Waals surface area contributed by atoms with Crippen LogP contribution in [0.4, 0.5) is 0 Å². The summed E-state index contributed by atoms with van der Waals surface area (Å²) in [6.07, 6.45) is 7.48. The number of aryl methyl sites for hydroxylation is 2. The van der Waals surface area contributed by atoms with E-state index < -0.39 is 7.94 Å². The quantitative estimate of drug-likeness (QED) is 0.296. The predicted octanol–water partition coefficient (Wildman–Crippen LogP) is 9.94. The molecular formula is C32H50O3P+. The van der Waals surface area contributed by atoms with Gasteiger partial charge in [-0.25, -0.2) is 0 Å². The molecular weight excluding hydrogens is 463 g/mol. The summed E-state index contributed by atoms with van der Waals surface area (Å²) in [5.41, 5.74) is 6.78. The van der Waals surface area contributed by atoms with Crippen LogP contribution in [0.15, 0.2) is 24.3 Å². The van der Waals surface area contributed by atoms with Gasteiger partial charge in [0.1, 0.15) is 0 Å². The van der Waals surface area contributed by atoms with Gasteiger partial charge in [0.05, 0.1) is 0 Å². The van der Waals surface area contributed by atoms with E-state index in [4.69, 9.17) is 9.05 Å². The van der Waals surface area contributed by atoms with Crippen LogP contribution in [0.25, 0.3) is 0 Å². The topological polar surface area (TPSA) is 38.7 Å². The van der Waals surface area contributed by atoms with Crippen molar-refractivity contribution in [1.82, 2.24) is 0 Å². The number of unbranched alkanes of at least 4 members (excludes halogenated alkanes) is 5. The summed E-state index contributed by atoms with van der Waals surface area (Å²) in [6.45, 7) is 22.1. The molecule has 1 N–H and O–H groups in total. The van der Waals surface area contributed by atoms with Crippen molar-refractivity contribution in [2.24, 2.45) is 0 Å². The second kappa shape index (κ2) is 11.0. The molecule has 1 aliphatic rings. The molecule has 3 nitrogen and oxygen atoms in total. The van der Waals surface area contributed by atoms with Gasteiger partial charge in [-0.05, 0) is 37.5 Å². The third kappa shape index (κ3) is 6.65. The van der Waals surface area contributed by atoms with Crippen LogP contribution >= 0.6 is 7.94 Å². The largest absolute Gasteiger partial charge is 0.495 e. The number of hydrogen-bond donors (Lipinski definition) is 1.